The SMILES string of the molecule is COc1ccc2c(c1)C(=O)c1cccc(OCCCC3CCCCN3)c1-2. The summed E-state index contributed by atoms with van der Waals surface area (Å²) in [5.41, 5.74) is 3.28. The zero-order chi connectivity index (χ0) is 17.9. The van der Waals surface area contributed by atoms with Gasteiger partial charge in [0.25, 0.3) is 0 Å². The Morgan fingerprint density at radius 2 is 2.04 bits per heavy atom. The van der Waals surface area contributed by atoms with Crippen LogP contribution in [0.3, 0.4) is 0 Å². The number of rotatable bonds is 6. The maximum absolute atomic E-state index is 12.7. The lowest BCUT2D eigenvalue weighted by Crippen LogP contribution is -2.34. The smallest absolute Gasteiger partial charge is 0.194 e. The number of nitrogens with one attached hydrogen (secondary N) is 1. The summed E-state index contributed by atoms with van der Waals surface area (Å²) in [6, 6.07) is 12.0. The van der Waals surface area contributed by atoms with Gasteiger partial charge in [0.05, 0.1) is 13.7 Å². The fourth-order valence-corrected chi connectivity index (χ4v) is 4.00. The van der Waals surface area contributed by atoms with Crippen molar-refractivity contribution in [1.82, 2.24) is 5.32 Å². The van der Waals surface area contributed by atoms with Crippen molar-refractivity contribution in [2.24, 2.45) is 0 Å². The van der Waals surface area contributed by atoms with Crippen molar-refractivity contribution in [2.45, 2.75) is 38.1 Å². The van der Waals surface area contributed by atoms with E-state index in [-0.39, 0.29) is 5.78 Å². The number of benzene rings is 2. The van der Waals surface area contributed by atoms with Crippen LogP contribution in [-0.4, -0.2) is 32.1 Å². The summed E-state index contributed by atoms with van der Waals surface area (Å²) in [6.07, 6.45) is 6.05. The van der Waals surface area contributed by atoms with Crippen LogP contribution in [-0.2, 0) is 0 Å². The monoisotopic (exact) mass is 351 g/mol. The Labute approximate surface area is 154 Å². The molecule has 0 aromatic heterocycles. The first-order chi connectivity index (χ1) is 12.8. The summed E-state index contributed by atoms with van der Waals surface area (Å²) in [5.74, 6) is 1.55. The predicted molar refractivity (Wildman–Crippen MR) is 102 cm³/mol. The van der Waals surface area contributed by atoms with E-state index in [0.717, 1.165) is 41.8 Å². The molecule has 1 heterocycles. The van der Waals surface area contributed by atoms with Crippen LogP contribution in [0.25, 0.3) is 11.1 Å². The minimum Gasteiger partial charge on any atom is -0.497 e. The summed E-state index contributed by atoms with van der Waals surface area (Å²) >= 11 is 0. The Kier molecular flexibility index (Phi) is 4.93. The molecule has 1 saturated heterocycles. The predicted octanol–water partition coefficient (Wildman–Crippen LogP) is 4.21. The number of methoxy groups -OCH3 is 1. The van der Waals surface area contributed by atoms with Crippen LogP contribution in [0, 0.1) is 0 Å². The Morgan fingerprint density at radius 1 is 1.12 bits per heavy atom. The molecule has 2 aliphatic rings. The normalized spacial score (nSPS) is 18.3. The van der Waals surface area contributed by atoms with Crippen LogP contribution in [0.5, 0.6) is 11.5 Å². The zero-order valence-electron chi connectivity index (χ0n) is 15.2. The molecule has 0 radical (unpaired) electrons. The fraction of sp³-hybridized carbons (Fsp3) is 0.409. The van der Waals surface area contributed by atoms with Gasteiger partial charge in [0.15, 0.2) is 5.78 Å². The average molecular weight is 351 g/mol. The van der Waals surface area contributed by atoms with E-state index < -0.39 is 0 Å². The number of ketones is 1. The largest absolute Gasteiger partial charge is 0.497 e. The average Bonchev–Trinajstić information content (AvgIpc) is 2.98. The topological polar surface area (TPSA) is 47.6 Å². The van der Waals surface area contributed by atoms with Crippen LogP contribution in [0.4, 0.5) is 0 Å². The molecule has 0 bridgehead atoms. The van der Waals surface area contributed by atoms with Crippen molar-refractivity contribution in [1.29, 1.82) is 0 Å². The van der Waals surface area contributed by atoms with Gasteiger partial charge in [-0.1, -0.05) is 18.6 Å². The highest BCUT2D eigenvalue weighted by Crippen LogP contribution is 2.43. The van der Waals surface area contributed by atoms with Gasteiger partial charge in [0, 0.05) is 22.7 Å². The number of hydrogen-bond acceptors (Lipinski definition) is 4. The third kappa shape index (κ3) is 3.21. The second-order valence-corrected chi connectivity index (χ2v) is 7.06. The molecule has 1 unspecified atom stereocenters. The van der Waals surface area contributed by atoms with Gasteiger partial charge >= 0.3 is 0 Å². The maximum Gasteiger partial charge on any atom is 0.194 e. The van der Waals surface area contributed by atoms with E-state index in [1.165, 1.54) is 19.3 Å². The lowest BCUT2D eigenvalue weighted by Gasteiger charge is -2.23. The summed E-state index contributed by atoms with van der Waals surface area (Å²) in [4.78, 5) is 12.7. The van der Waals surface area contributed by atoms with Gasteiger partial charge in [-0.3, -0.25) is 4.79 Å². The lowest BCUT2D eigenvalue weighted by molar-refractivity contribution is 0.104. The van der Waals surface area contributed by atoms with E-state index in [1.807, 2.05) is 36.4 Å². The third-order valence-electron chi connectivity index (χ3n) is 5.38. The number of piperidine rings is 1. The minimum absolute atomic E-state index is 0.0470. The van der Waals surface area contributed by atoms with Crippen LogP contribution < -0.4 is 14.8 Å². The van der Waals surface area contributed by atoms with Gasteiger partial charge in [-0.05, 0) is 62.1 Å². The molecular weight excluding hydrogens is 326 g/mol. The summed E-state index contributed by atoms with van der Waals surface area (Å²) in [7, 11) is 1.62. The first-order valence-electron chi connectivity index (χ1n) is 9.50. The second kappa shape index (κ2) is 7.50. The van der Waals surface area contributed by atoms with Crippen LogP contribution in [0.15, 0.2) is 36.4 Å². The molecule has 1 aliphatic carbocycles. The first-order valence-corrected chi connectivity index (χ1v) is 9.50. The summed E-state index contributed by atoms with van der Waals surface area (Å²) in [5, 5.41) is 3.58. The molecule has 0 saturated carbocycles. The van der Waals surface area contributed by atoms with Gasteiger partial charge in [-0.25, -0.2) is 0 Å². The molecular formula is C22H25NO3. The molecule has 4 nitrogen and oxygen atoms in total. The van der Waals surface area contributed by atoms with Crippen molar-refractivity contribution in [2.75, 3.05) is 20.3 Å². The summed E-state index contributed by atoms with van der Waals surface area (Å²) < 4.78 is 11.4. The molecule has 2 aromatic rings. The molecule has 4 heteroatoms. The van der Waals surface area contributed by atoms with E-state index in [0.29, 0.717) is 24.0 Å². The zero-order valence-corrected chi connectivity index (χ0v) is 15.2. The number of hydrogen-bond donors (Lipinski definition) is 1. The van der Waals surface area contributed by atoms with Crippen LogP contribution >= 0.6 is 0 Å². The van der Waals surface area contributed by atoms with E-state index in [2.05, 4.69) is 5.32 Å². The van der Waals surface area contributed by atoms with Gasteiger partial charge in [0.2, 0.25) is 0 Å². The highest BCUT2D eigenvalue weighted by Gasteiger charge is 2.29. The number of carbonyl (C=O) groups is 1. The van der Waals surface area contributed by atoms with Crippen molar-refractivity contribution >= 4 is 5.78 Å². The van der Waals surface area contributed by atoms with E-state index in [1.54, 1.807) is 7.11 Å². The van der Waals surface area contributed by atoms with Gasteiger partial charge in [-0.15, -0.1) is 0 Å². The van der Waals surface area contributed by atoms with Gasteiger partial charge < -0.3 is 14.8 Å². The number of fused-ring (bicyclic) bond motifs is 3. The Morgan fingerprint density at radius 3 is 2.85 bits per heavy atom. The molecule has 0 amide bonds. The fourth-order valence-electron chi connectivity index (χ4n) is 4.00. The quantitative estimate of drug-likeness (QED) is 0.676. The van der Waals surface area contributed by atoms with Gasteiger partial charge in [0.1, 0.15) is 11.5 Å². The highest BCUT2D eigenvalue weighted by atomic mass is 16.5. The van der Waals surface area contributed by atoms with Crippen molar-refractivity contribution in [3.63, 3.8) is 0 Å². The number of carbonyl (C=O) groups excluding carboxylic acids is 1. The highest BCUT2D eigenvalue weighted by molar-refractivity contribution is 6.22. The third-order valence-corrected chi connectivity index (χ3v) is 5.38. The standard InChI is InChI=1S/C22H25NO3/c1-25-16-10-11-17-19(14-16)22(24)18-8-4-9-20(21(17)18)26-13-5-7-15-6-2-3-12-23-15/h4,8-11,14-15,23H,2-3,5-7,12-13H2,1H3. The molecule has 1 aliphatic heterocycles. The Bertz CT molecular complexity index is 809. The molecule has 26 heavy (non-hydrogen) atoms. The Balaban J connectivity index is 1.48. The molecule has 0 spiro atoms. The second-order valence-electron chi connectivity index (χ2n) is 7.06. The molecule has 1 atom stereocenters. The minimum atomic E-state index is 0.0470. The van der Waals surface area contributed by atoms with Crippen molar-refractivity contribution in [3.8, 4) is 22.6 Å². The van der Waals surface area contributed by atoms with E-state index in [9.17, 15) is 4.79 Å². The lowest BCUT2D eigenvalue weighted by atomic mass is 10.0. The molecule has 4 rings (SSSR count). The molecule has 1 fully saturated rings. The summed E-state index contributed by atoms with van der Waals surface area (Å²) in [6.45, 7) is 1.81. The Hall–Kier alpha value is -2.33. The van der Waals surface area contributed by atoms with Crippen LogP contribution in [0.1, 0.15) is 48.0 Å². The molecule has 136 valence electrons. The maximum atomic E-state index is 12.7. The first kappa shape index (κ1) is 17.1. The van der Waals surface area contributed by atoms with E-state index in [4.69, 9.17) is 9.47 Å². The van der Waals surface area contributed by atoms with E-state index >= 15 is 0 Å². The van der Waals surface area contributed by atoms with Crippen molar-refractivity contribution < 1.29 is 14.3 Å². The van der Waals surface area contributed by atoms with Crippen molar-refractivity contribution in [3.05, 3.63) is 47.5 Å². The van der Waals surface area contributed by atoms with Crippen LogP contribution in [0.2, 0.25) is 0 Å². The molecule has 2 aromatic carbocycles. The van der Waals surface area contributed by atoms with Gasteiger partial charge in [-0.2, -0.15) is 0 Å². The molecule has 1 N–H and O–H groups in total. The number of ether oxygens (including phenoxy) is 2.